The molecule has 0 spiro atoms. The summed E-state index contributed by atoms with van der Waals surface area (Å²) in [5.74, 6) is -0.124. The summed E-state index contributed by atoms with van der Waals surface area (Å²) in [6, 6.07) is 5.66. The smallest absolute Gasteiger partial charge is 0.253 e. The zero-order chi connectivity index (χ0) is 16.0. The van der Waals surface area contributed by atoms with Crippen molar-refractivity contribution >= 4 is 11.6 Å². The predicted molar refractivity (Wildman–Crippen MR) is 82.5 cm³/mol. The molecule has 0 heterocycles. The molecule has 5 heteroatoms. The Labute approximate surface area is 126 Å². The van der Waals surface area contributed by atoms with Gasteiger partial charge in [-0.15, -0.1) is 0 Å². The molecule has 1 aromatic carbocycles. The molecule has 0 aliphatic rings. The maximum absolute atomic E-state index is 12.5. The number of carbonyl (C=O) groups excluding carboxylic acids is 1. The average molecular weight is 295 g/mol. The molecular weight excluding hydrogens is 270 g/mol. The van der Waals surface area contributed by atoms with Gasteiger partial charge in [-0.2, -0.15) is 0 Å². The highest BCUT2D eigenvalue weighted by Gasteiger charge is 2.30. The van der Waals surface area contributed by atoms with Crippen LogP contribution < -0.4 is 4.90 Å². The minimum Gasteiger partial charge on any atom is -0.375 e. The van der Waals surface area contributed by atoms with Crippen molar-refractivity contribution < 1.29 is 19.0 Å². The predicted octanol–water partition coefficient (Wildman–Crippen LogP) is 2.29. The van der Waals surface area contributed by atoms with Crippen molar-refractivity contribution in [1.82, 2.24) is 0 Å². The van der Waals surface area contributed by atoms with Crippen LogP contribution in [0.2, 0.25) is 0 Å². The quantitative estimate of drug-likeness (QED) is 0.724. The Morgan fingerprint density at radius 1 is 1.14 bits per heavy atom. The Morgan fingerprint density at radius 2 is 1.67 bits per heavy atom. The van der Waals surface area contributed by atoms with E-state index in [1.54, 1.807) is 19.1 Å². The Bertz CT molecular complexity index is 451. The van der Waals surface area contributed by atoms with Crippen molar-refractivity contribution in [2.45, 2.75) is 33.1 Å². The fourth-order valence-electron chi connectivity index (χ4n) is 2.55. The first kappa shape index (κ1) is 17.6. The van der Waals surface area contributed by atoms with Crippen LogP contribution in [0.25, 0.3) is 0 Å². The fraction of sp³-hybridized carbons (Fsp3) is 0.562. The van der Waals surface area contributed by atoms with E-state index in [2.05, 4.69) is 0 Å². The van der Waals surface area contributed by atoms with Crippen LogP contribution in [0.3, 0.4) is 0 Å². The zero-order valence-corrected chi connectivity index (χ0v) is 13.7. The van der Waals surface area contributed by atoms with E-state index in [1.807, 2.05) is 39.0 Å². The third kappa shape index (κ3) is 4.03. The first-order chi connectivity index (χ1) is 9.97. The van der Waals surface area contributed by atoms with E-state index in [4.69, 9.17) is 14.2 Å². The molecule has 1 rings (SSSR count). The summed E-state index contributed by atoms with van der Waals surface area (Å²) < 4.78 is 15.6. The van der Waals surface area contributed by atoms with Crippen LogP contribution in [0.1, 0.15) is 18.1 Å². The Hall–Kier alpha value is -1.43. The molecule has 0 radical (unpaired) electrons. The van der Waals surface area contributed by atoms with Gasteiger partial charge in [0.15, 0.2) is 6.29 Å². The Balaban J connectivity index is 3.28. The van der Waals surface area contributed by atoms with Gasteiger partial charge in [-0.05, 0) is 31.9 Å². The van der Waals surface area contributed by atoms with Crippen molar-refractivity contribution in [3.8, 4) is 0 Å². The number of hydrogen-bond donors (Lipinski definition) is 0. The van der Waals surface area contributed by atoms with Crippen LogP contribution in [-0.2, 0) is 19.0 Å². The van der Waals surface area contributed by atoms with Gasteiger partial charge < -0.3 is 19.1 Å². The number of amides is 1. The number of methoxy groups -OCH3 is 3. The van der Waals surface area contributed by atoms with E-state index < -0.39 is 6.29 Å². The van der Waals surface area contributed by atoms with Crippen LogP contribution in [-0.4, -0.2) is 46.2 Å². The highest BCUT2D eigenvalue weighted by molar-refractivity contribution is 5.96. The largest absolute Gasteiger partial charge is 0.375 e. The second-order valence-electron chi connectivity index (χ2n) is 5.02. The molecule has 0 saturated carbocycles. The van der Waals surface area contributed by atoms with Gasteiger partial charge in [-0.1, -0.05) is 18.2 Å². The van der Waals surface area contributed by atoms with Crippen molar-refractivity contribution in [3.63, 3.8) is 0 Å². The van der Waals surface area contributed by atoms with Gasteiger partial charge in [-0.3, -0.25) is 4.79 Å². The lowest BCUT2D eigenvalue weighted by molar-refractivity contribution is -0.132. The molecule has 0 fully saturated rings. The van der Waals surface area contributed by atoms with Crippen LogP contribution in [0.15, 0.2) is 18.2 Å². The summed E-state index contributed by atoms with van der Waals surface area (Å²) in [7, 11) is 4.64. The normalized spacial score (nSPS) is 12.5. The standard InChI is InChI=1S/C16H25NO4/c1-11-8-7-9-12(2)15(11)17(14(18)10-19-4)13(3)16(20-5)21-6/h7-9,13,16H,10H2,1-6H3. The molecule has 0 aromatic heterocycles. The van der Waals surface area contributed by atoms with Gasteiger partial charge in [0.05, 0.1) is 11.7 Å². The van der Waals surface area contributed by atoms with Crippen molar-refractivity contribution in [3.05, 3.63) is 29.3 Å². The number of benzene rings is 1. The number of para-hydroxylation sites is 1. The maximum atomic E-state index is 12.5. The third-order valence-corrected chi connectivity index (χ3v) is 3.48. The molecule has 0 saturated heterocycles. The second-order valence-corrected chi connectivity index (χ2v) is 5.02. The fourth-order valence-corrected chi connectivity index (χ4v) is 2.55. The summed E-state index contributed by atoms with van der Waals surface area (Å²) in [6.07, 6.45) is -0.509. The van der Waals surface area contributed by atoms with E-state index in [-0.39, 0.29) is 18.6 Å². The number of hydrogen-bond acceptors (Lipinski definition) is 4. The second kappa shape index (κ2) is 8.12. The van der Waals surface area contributed by atoms with Gasteiger partial charge in [0.25, 0.3) is 5.91 Å². The van der Waals surface area contributed by atoms with Gasteiger partial charge in [0, 0.05) is 21.3 Å². The first-order valence-electron chi connectivity index (χ1n) is 6.90. The molecule has 21 heavy (non-hydrogen) atoms. The highest BCUT2D eigenvalue weighted by atomic mass is 16.7. The van der Waals surface area contributed by atoms with Crippen molar-refractivity contribution in [1.29, 1.82) is 0 Å². The molecule has 0 aliphatic carbocycles. The minimum atomic E-state index is -0.509. The topological polar surface area (TPSA) is 48.0 Å². The van der Waals surface area contributed by atoms with Crippen molar-refractivity contribution in [2.24, 2.45) is 0 Å². The summed E-state index contributed by atoms with van der Waals surface area (Å²) >= 11 is 0. The minimum absolute atomic E-state index is 0.0122. The molecule has 5 nitrogen and oxygen atoms in total. The molecule has 1 atom stereocenters. The van der Waals surface area contributed by atoms with E-state index in [9.17, 15) is 4.79 Å². The van der Waals surface area contributed by atoms with E-state index in [1.165, 1.54) is 7.11 Å². The lowest BCUT2D eigenvalue weighted by Crippen LogP contribution is -2.48. The summed E-state index contributed by atoms with van der Waals surface area (Å²) in [6.45, 7) is 5.88. The Kier molecular flexibility index (Phi) is 6.81. The molecule has 0 N–H and O–H groups in total. The average Bonchev–Trinajstić information content (AvgIpc) is 2.44. The van der Waals surface area contributed by atoms with Crippen molar-refractivity contribution in [2.75, 3.05) is 32.8 Å². The molecule has 118 valence electrons. The molecule has 0 aliphatic heterocycles. The monoisotopic (exact) mass is 295 g/mol. The molecule has 1 aromatic rings. The van der Waals surface area contributed by atoms with Gasteiger partial charge in [0.2, 0.25) is 0 Å². The molecular formula is C16H25NO4. The van der Waals surface area contributed by atoms with Crippen LogP contribution in [0.4, 0.5) is 5.69 Å². The molecule has 1 amide bonds. The number of aryl methyl sites for hydroxylation is 2. The number of ether oxygens (including phenoxy) is 3. The SMILES string of the molecule is COCC(=O)N(c1c(C)cccc1C)C(C)C(OC)OC. The number of anilines is 1. The van der Waals surface area contributed by atoms with Crippen LogP contribution in [0.5, 0.6) is 0 Å². The summed E-state index contributed by atoms with van der Waals surface area (Å²) in [4.78, 5) is 14.2. The lowest BCUT2D eigenvalue weighted by atomic mass is 10.1. The summed E-state index contributed by atoms with van der Waals surface area (Å²) in [5.41, 5.74) is 2.93. The highest BCUT2D eigenvalue weighted by Crippen LogP contribution is 2.28. The Morgan fingerprint density at radius 3 is 2.10 bits per heavy atom. The maximum Gasteiger partial charge on any atom is 0.253 e. The zero-order valence-electron chi connectivity index (χ0n) is 13.7. The lowest BCUT2D eigenvalue weighted by Gasteiger charge is -2.35. The van der Waals surface area contributed by atoms with Gasteiger partial charge in [-0.25, -0.2) is 0 Å². The first-order valence-corrected chi connectivity index (χ1v) is 6.90. The molecule has 0 bridgehead atoms. The van der Waals surface area contributed by atoms with Gasteiger partial charge >= 0.3 is 0 Å². The van der Waals surface area contributed by atoms with E-state index in [0.29, 0.717) is 0 Å². The number of rotatable bonds is 7. The van der Waals surface area contributed by atoms with Crippen LogP contribution in [0, 0.1) is 13.8 Å². The van der Waals surface area contributed by atoms with Crippen LogP contribution >= 0.6 is 0 Å². The van der Waals surface area contributed by atoms with Gasteiger partial charge in [0.1, 0.15) is 6.61 Å². The summed E-state index contributed by atoms with van der Waals surface area (Å²) in [5, 5.41) is 0. The van der Waals surface area contributed by atoms with E-state index in [0.717, 1.165) is 16.8 Å². The number of carbonyl (C=O) groups is 1. The number of nitrogens with zero attached hydrogens (tertiary/aromatic N) is 1. The van der Waals surface area contributed by atoms with E-state index >= 15 is 0 Å². The third-order valence-electron chi connectivity index (χ3n) is 3.48. The molecule has 1 unspecified atom stereocenters.